The molecule has 3 aromatic heterocycles. The van der Waals surface area contributed by atoms with Crippen molar-refractivity contribution >= 4 is 28.7 Å². The summed E-state index contributed by atoms with van der Waals surface area (Å²) in [5.41, 5.74) is 3.11. The van der Waals surface area contributed by atoms with E-state index >= 15 is 0 Å². The molecule has 3 heterocycles. The largest absolute Gasteiger partial charge is 0.435 e. The highest BCUT2D eigenvalue weighted by Crippen LogP contribution is 2.30. The lowest BCUT2D eigenvalue weighted by Gasteiger charge is -1.94. The lowest BCUT2D eigenvalue weighted by atomic mass is 10.2. The summed E-state index contributed by atoms with van der Waals surface area (Å²) in [6, 6.07) is 0. The average Bonchev–Trinajstić information content (AvgIpc) is 2.95. The Balaban J connectivity index is 2.21. The third-order valence-electron chi connectivity index (χ3n) is 2.75. The van der Waals surface area contributed by atoms with Gasteiger partial charge in [0.25, 0.3) is 0 Å². The van der Waals surface area contributed by atoms with Crippen molar-refractivity contribution in [2.24, 2.45) is 7.05 Å². The minimum atomic E-state index is 0.511. The van der Waals surface area contributed by atoms with Crippen LogP contribution in [0.4, 0.5) is 0 Å². The number of thiophene rings is 1. The van der Waals surface area contributed by atoms with Crippen LogP contribution in [0.25, 0.3) is 22.6 Å². The first-order valence-corrected chi connectivity index (χ1v) is 5.91. The van der Waals surface area contributed by atoms with E-state index in [2.05, 4.69) is 10.1 Å². The monoisotopic (exact) mass is 247 g/mol. The number of hydrogen-bond donors (Lipinski definition) is 0. The van der Waals surface area contributed by atoms with E-state index in [1.54, 1.807) is 16.3 Å². The Labute approximate surface area is 101 Å². The number of aryl methyl sites for hydroxylation is 1. The Morgan fingerprint density at radius 2 is 2.35 bits per heavy atom. The Bertz CT molecular complexity index is 708. The molecule has 0 saturated carbocycles. The normalized spacial score (nSPS) is 11.2. The van der Waals surface area contributed by atoms with Crippen LogP contribution >= 0.6 is 11.3 Å². The van der Waals surface area contributed by atoms with Crippen molar-refractivity contribution in [2.45, 2.75) is 6.92 Å². The summed E-state index contributed by atoms with van der Waals surface area (Å²) in [5, 5.41) is 5.93. The second-order valence-corrected chi connectivity index (χ2v) is 4.63. The highest BCUT2D eigenvalue weighted by Gasteiger charge is 2.16. The van der Waals surface area contributed by atoms with Gasteiger partial charge in [0, 0.05) is 18.1 Å². The summed E-state index contributed by atoms with van der Waals surface area (Å²) in [6.45, 7) is 1.94. The van der Waals surface area contributed by atoms with Crippen LogP contribution in [0, 0.1) is 6.92 Å². The number of carbonyl (C=O) groups excluding carboxylic acids is 1. The van der Waals surface area contributed by atoms with Crippen molar-refractivity contribution < 1.29 is 9.21 Å². The SMILES string of the molecule is Cc1c(-c2nc3c(C=O)scc3o2)cnn1C. The maximum Gasteiger partial charge on any atom is 0.230 e. The summed E-state index contributed by atoms with van der Waals surface area (Å²) in [7, 11) is 1.86. The maximum absolute atomic E-state index is 10.8. The molecule has 0 aliphatic carbocycles. The van der Waals surface area contributed by atoms with Gasteiger partial charge in [0.15, 0.2) is 11.9 Å². The van der Waals surface area contributed by atoms with E-state index in [0.29, 0.717) is 21.9 Å². The van der Waals surface area contributed by atoms with Gasteiger partial charge in [0.2, 0.25) is 5.89 Å². The number of carbonyl (C=O) groups is 1. The molecule has 0 radical (unpaired) electrons. The molecule has 0 amide bonds. The second-order valence-electron chi connectivity index (χ2n) is 3.72. The van der Waals surface area contributed by atoms with Gasteiger partial charge in [-0.05, 0) is 6.92 Å². The molecule has 0 unspecified atom stereocenters. The third-order valence-corrected chi connectivity index (χ3v) is 3.63. The van der Waals surface area contributed by atoms with Crippen LogP contribution in [-0.4, -0.2) is 21.1 Å². The number of fused-ring (bicyclic) bond motifs is 1. The van der Waals surface area contributed by atoms with Gasteiger partial charge >= 0.3 is 0 Å². The molecule has 0 spiro atoms. The molecule has 0 bridgehead atoms. The summed E-state index contributed by atoms with van der Waals surface area (Å²) < 4.78 is 7.38. The molecule has 86 valence electrons. The first kappa shape index (κ1) is 10.2. The topological polar surface area (TPSA) is 60.9 Å². The molecule has 0 N–H and O–H groups in total. The molecular weight excluding hydrogens is 238 g/mol. The molecule has 0 atom stereocenters. The van der Waals surface area contributed by atoms with Crippen LogP contribution in [0.1, 0.15) is 15.4 Å². The third kappa shape index (κ3) is 1.41. The molecule has 0 fully saturated rings. The van der Waals surface area contributed by atoms with Crippen molar-refractivity contribution in [1.29, 1.82) is 0 Å². The number of aldehydes is 1. The maximum atomic E-state index is 10.8. The van der Waals surface area contributed by atoms with Gasteiger partial charge in [0.05, 0.1) is 16.6 Å². The van der Waals surface area contributed by atoms with Crippen molar-refractivity contribution in [1.82, 2.24) is 14.8 Å². The highest BCUT2D eigenvalue weighted by molar-refractivity contribution is 7.13. The molecule has 3 aromatic rings. The Morgan fingerprint density at radius 1 is 1.53 bits per heavy atom. The minimum Gasteiger partial charge on any atom is -0.435 e. The molecular formula is C11H9N3O2S. The smallest absolute Gasteiger partial charge is 0.230 e. The second kappa shape index (κ2) is 3.53. The number of aromatic nitrogens is 3. The standard InChI is InChI=1S/C11H9N3O2S/c1-6-7(3-12-14(6)2)11-13-10-8(16-11)5-17-9(10)4-15/h3-5H,1-2H3. The predicted octanol–water partition coefficient (Wildman–Crippen LogP) is 2.41. The van der Waals surface area contributed by atoms with Crippen molar-refractivity contribution in [2.75, 3.05) is 0 Å². The van der Waals surface area contributed by atoms with Gasteiger partial charge in [0.1, 0.15) is 5.52 Å². The van der Waals surface area contributed by atoms with Gasteiger partial charge in [-0.3, -0.25) is 9.48 Å². The molecule has 0 aliphatic heterocycles. The van der Waals surface area contributed by atoms with E-state index in [9.17, 15) is 4.79 Å². The van der Waals surface area contributed by atoms with E-state index in [4.69, 9.17) is 4.42 Å². The fourth-order valence-electron chi connectivity index (χ4n) is 1.67. The minimum absolute atomic E-state index is 0.511. The number of oxazole rings is 1. The van der Waals surface area contributed by atoms with Gasteiger partial charge in [-0.2, -0.15) is 5.10 Å². The van der Waals surface area contributed by atoms with Crippen LogP contribution in [0.5, 0.6) is 0 Å². The molecule has 17 heavy (non-hydrogen) atoms. The summed E-state index contributed by atoms with van der Waals surface area (Å²) in [4.78, 5) is 15.8. The summed E-state index contributed by atoms with van der Waals surface area (Å²) >= 11 is 1.34. The lowest BCUT2D eigenvalue weighted by molar-refractivity contribution is 0.112. The Hall–Kier alpha value is -1.95. The number of nitrogens with zero attached hydrogens (tertiary/aromatic N) is 3. The Morgan fingerprint density at radius 3 is 3.00 bits per heavy atom. The zero-order valence-corrected chi connectivity index (χ0v) is 10.1. The van der Waals surface area contributed by atoms with E-state index < -0.39 is 0 Å². The van der Waals surface area contributed by atoms with Gasteiger partial charge in [-0.1, -0.05) is 0 Å². The fourth-order valence-corrected chi connectivity index (χ4v) is 2.38. The van der Waals surface area contributed by atoms with Crippen molar-refractivity contribution in [3.63, 3.8) is 0 Å². The number of hydrogen-bond acceptors (Lipinski definition) is 5. The lowest BCUT2D eigenvalue weighted by Crippen LogP contribution is -1.92. The molecule has 0 saturated heterocycles. The van der Waals surface area contributed by atoms with Crippen LogP contribution < -0.4 is 0 Å². The van der Waals surface area contributed by atoms with Crippen molar-refractivity contribution in [3.05, 3.63) is 22.1 Å². The van der Waals surface area contributed by atoms with E-state index in [-0.39, 0.29) is 0 Å². The average molecular weight is 247 g/mol. The van der Waals surface area contributed by atoms with Crippen LogP contribution in [-0.2, 0) is 7.05 Å². The predicted molar refractivity (Wildman–Crippen MR) is 64.2 cm³/mol. The molecule has 6 heteroatoms. The van der Waals surface area contributed by atoms with Gasteiger partial charge < -0.3 is 4.42 Å². The van der Waals surface area contributed by atoms with Crippen LogP contribution in [0.2, 0.25) is 0 Å². The molecule has 3 rings (SSSR count). The number of rotatable bonds is 2. The van der Waals surface area contributed by atoms with Gasteiger partial charge in [-0.25, -0.2) is 4.98 Å². The summed E-state index contributed by atoms with van der Waals surface area (Å²) in [6.07, 6.45) is 2.51. The first-order chi connectivity index (χ1) is 8.20. The zero-order valence-electron chi connectivity index (χ0n) is 9.30. The van der Waals surface area contributed by atoms with Gasteiger partial charge in [-0.15, -0.1) is 11.3 Å². The van der Waals surface area contributed by atoms with Crippen LogP contribution in [0.15, 0.2) is 16.0 Å². The van der Waals surface area contributed by atoms with Crippen LogP contribution in [0.3, 0.4) is 0 Å². The Kier molecular flexibility index (Phi) is 2.12. The summed E-state index contributed by atoms with van der Waals surface area (Å²) in [5.74, 6) is 0.511. The fraction of sp³-hybridized carbons (Fsp3) is 0.182. The molecule has 0 aliphatic rings. The zero-order chi connectivity index (χ0) is 12.0. The van der Waals surface area contributed by atoms with E-state index in [0.717, 1.165) is 17.5 Å². The van der Waals surface area contributed by atoms with E-state index in [1.165, 1.54) is 11.3 Å². The molecule has 0 aromatic carbocycles. The first-order valence-electron chi connectivity index (χ1n) is 5.03. The van der Waals surface area contributed by atoms with Crippen molar-refractivity contribution in [3.8, 4) is 11.5 Å². The van der Waals surface area contributed by atoms with E-state index in [1.807, 2.05) is 14.0 Å². The highest BCUT2D eigenvalue weighted by atomic mass is 32.1. The quantitative estimate of drug-likeness (QED) is 0.652. The molecule has 5 nitrogen and oxygen atoms in total.